The Balaban J connectivity index is 1.99. The Morgan fingerprint density at radius 2 is 1.76 bits per heavy atom. The van der Waals surface area contributed by atoms with Gasteiger partial charge in [-0.05, 0) is 17.7 Å². The molecule has 0 aliphatic heterocycles. The summed E-state index contributed by atoms with van der Waals surface area (Å²) in [7, 11) is -6.95. The molecule has 2 amide bonds. The van der Waals surface area contributed by atoms with Crippen molar-refractivity contribution in [2.45, 2.75) is 0 Å². The van der Waals surface area contributed by atoms with Crippen LogP contribution < -0.4 is 14.8 Å². The van der Waals surface area contributed by atoms with Gasteiger partial charge in [-0.3, -0.25) is 9.59 Å². The van der Waals surface area contributed by atoms with E-state index in [9.17, 15) is 35.6 Å². The molecule has 0 saturated heterocycles. The number of nitrogens with zero attached hydrogens (tertiary/aromatic N) is 1. The number of rotatable bonds is 6. The van der Waals surface area contributed by atoms with Crippen LogP contribution in [0.15, 0.2) is 29.8 Å². The molecule has 0 fully saturated rings. The fourth-order valence-electron chi connectivity index (χ4n) is 2.67. The summed E-state index contributed by atoms with van der Waals surface area (Å²) in [4.78, 5) is 27.4. The fraction of sp³-hybridized carbons (Fsp3) is 0.105. The lowest BCUT2D eigenvalue weighted by Crippen LogP contribution is -2.31. The van der Waals surface area contributed by atoms with Crippen LogP contribution in [0.2, 0.25) is 0 Å². The molecule has 14 heteroatoms. The molecule has 0 aliphatic rings. The van der Waals surface area contributed by atoms with Gasteiger partial charge >= 0.3 is 0 Å². The molecular formula is C19H13F4N3O5S2. The summed E-state index contributed by atoms with van der Waals surface area (Å²) in [6.45, 7) is 0. The molecule has 3 aromatic rings. The highest BCUT2D eigenvalue weighted by Gasteiger charge is 2.30. The second-order valence-corrected chi connectivity index (χ2v) is 8.93. The Hall–Kier alpha value is -3.52. The van der Waals surface area contributed by atoms with Crippen molar-refractivity contribution >= 4 is 38.9 Å². The number of thiazole rings is 1. The smallest absolute Gasteiger partial charge is 0.285 e. The van der Waals surface area contributed by atoms with E-state index in [0.29, 0.717) is 17.6 Å². The number of anilines is 1. The number of sulfonamides is 1. The van der Waals surface area contributed by atoms with Crippen molar-refractivity contribution in [1.29, 1.82) is 0 Å². The minimum atomic E-state index is -4.05. The third kappa shape index (κ3) is 4.96. The zero-order chi connectivity index (χ0) is 27.0. The van der Waals surface area contributed by atoms with Crippen LogP contribution in [0.5, 0.6) is 5.75 Å². The third-order valence-corrected chi connectivity index (χ3v) is 5.39. The Bertz CT molecular complexity index is 1450. The van der Waals surface area contributed by atoms with E-state index in [1.165, 1.54) is 0 Å². The Morgan fingerprint density at radius 1 is 1.09 bits per heavy atom. The summed E-state index contributed by atoms with van der Waals surface area (Å²) >= 11 is 0.486. The number of ether oxygens (including phenoxy) is 1. The molecule has 8 nitrogen and oxygen atoms in total. The highest BCUT2D eigenvalue weighted by molar-refractivity contribution is 7.89. The Labute approximate surface area is 192 Å². The summed E-state index contributed by atoms with van der Waals surface area (Å²) in [6.07, 6.45) is 0.653. The predicted molar refractivity (Wildman–Crippen MR) is 111 cm³/mol. The first-order chi connectivity index (χ1) is 16.6. The van der Waals surface area contributed by atoms with Gasteiger partial charge < -0.3 is 10.1 Å². The van der Waals surface area contributed by atoms with E-state index in [1.807, 2.05) is 0 Å². The molecule has 1 aromatic heterocycles. The third-order valence-electron chi connectivity index (χ3n) is 4.01. The van der Waals surface area contributed by atoms with E-state index in [-0.39, 0.29) is 5.75 Å². The van der Waals surface area contributed by atoms with Crippen molar-refractivity contribution in [3.8, 4) is 16.9 Å². The number of amides is 2. The van der Waals surface area contributed by atoms with Gasteiger partial charge in [-0.15, -0.1) is 11.3 Å². The molecule has 0 aliphatic carbocycles. The standard InChI is InChI=1S/C19H13F4N3O5S2/c1-31-9-5-3-4-8(6-9)10-11(20)13(22)15(14(23)12(10)21)25-19(28)17-16(24-7-32-17)18(27)26-33(2,29)30/h3-7H,1-2H3,(H,25,28)(H,26,27)/i1D3. The normalized spacial score (nSPS) is 12.9. The maximum atomic E-state index is 14.8. The highest BCUT2D eigenvalue weighted by atomic mass is 32.2. The van der Waals surface area contributed by atoms with Crippen molar-refractivity contribution < 1.29 is 44.4 Å². The number of carbonyl (C=O) groups excluding carboxylic acids is 2. The number of hydrogen-bond acceptors (Lipinski definition) is 7. The zero-order valence-electron chi connectivity index (χ0n) is 19.2. The molecule has 0 radical (unpaired) electrons. The monoisotopic (exact) mass is 506 g/mol. The molecule has 1 heterocycles. The zero-order valence-corrected chi connectivity index (χ0v) is 17.8. The first-order valence-corrected chi connectivity index (χ1v) is 11.3. The maximum Gasteiger partial charge on any atom is 0.285 e. The van der Waals surface area contributed by atoms with Crippen LogP contribution >= 0.6 is 11.3 Å². The second kappa shape index (κ2) is 9.15. The summed E-state index contributed by atoms with van der Waals surface area (Å²) in [5.41, 5.74) is -2.96. The number of aromatic nitrogens is 1. The van der Waals surface area contributed by atoms with E-state index in [1.54, 1.807) is 10.0 Å². The minimum Gasteiger partial charge on any atom is -0.497 e. The topological polar surface area (TPSA) is 114 Å². The number of methoxy groups -OCH3 is 1. The molecule has 2 aromatic carbocycles. The summed E-state index contributed by atoms with van der Waals surface area (Å²) in [5.74, 6) is -11.0. The van der Waals surface area contributed by atoms with E-state index >= 15 is 0 Å². The highest BCUT2D eigenvalue weighted by Crippen LogP contribution is 2.36. The average molecular weight is 506 g/mol. The lowest BCUT2D eigenvalue weighted by molar-refractivity contribution is 0.0961. The van der Waals surface area contributed by atoms with E-state index in [4.69, 9.17) is 4.11 Å². The van der Waals surface area contributed by atoms with Crippen LogP contribution in [0.25, 0.3) is 11.1 Å². The van der Waals surface area contributed by atoms with Crippen LogP contribution in [0.3, 0.4) is 0 Å². The van der Waals surface area contributed by atoms with Gasteiger partial charge in [0.15, 0.2) is 29.0 Å². The SMILES string of the molecule is [2H]C([2H])([2H])Oc1cccc(-c2c(F)c(F)c(NC(=O)c3scnc3C(=O)NS(C)(=O)=O)c(F)c2F)c1. The van der Waals surface area contributed by atoms with Gasteiger partial charge in [0.1, 0.15) is 16.3 Å². The van der Waals surface area contributed by atoms with Gasteiger partial charge in [0, 0.05) is 0 Å². The Kier molecular flexibility index (Phi) is 5.58. The number of nitrogens with one attached hydrogen (secondary N) is 2. The molecule has 2 N–H and O–H groups in total. The van der Waals surface area contributed by atoms with Crippen LogP contribution in [0, 0.1) is 23.3 Å². The lowest BCUT2D eigenvalue weighted by Gasteiger charge is -2.13. The Morgan fingerprint density at radius 3 is 2.36 bits per heavy atom. The summed E-state index contributed by atoms with van der Waals surface area (Å²) < 4.78 is 109. The van der Waals surface area contributed by atoms with Crippen LogP contribution in [-0.2, 0) is 10.0 Å². The number of halogens is 4. The lowest BCUT2D eigenvalue weighted by atomic mass is 10.0. The van der Waals surface area contributed by atoms with Crippen LogP contribution in [0.4, 0.5) is 23.2 Å². The van der Waals surface area contributed by atoms with Crippen LogP contribution in [0.1, 0.15) is 24.3 Å². The molecule has 3 rings (SSSR count). The van der Waals surface area contributed by atoms with Gasteiger partial charge in [0.05, 0.1) is 28.5 Å². The maximum absolute atomic E-state index is 14.8. The van der Waals surface area contributed by atoms with Gasteiger partial charge in [-0.2, -0.15) is 0 Å². The van der Waals surface area contributed by atoms with Gasteiger partial charge in [-0.1, -0.05) is 12.1 Å². The van der Waals surface area contributed by atoms with E-state index in [0.717, 1.165) is 29.8 Å². The van der Waals surface area contributed by atoms with Crippen molar-refractivity contribution in [2.75, 3.05) is 18.6 Å². The van der Waals surface area contributed by atoms with Crippen molar-refractivity contribution in [2.24, 2.45) is 0 Å². The molecule has 0 bridgehead atoms. The van der Waals surface area contributed by atoms with Gasteiger partial charge in [0.2, 0.25) is 10.0 Å². The van der Waals surface area contributed by atoms with Crippen molar-refractivity contribution in [3.05, 3.63) is 63.6 Å². The number of carbonyl (C=O) groups is 2. The molecule has 0 unspecified atom stereocenters. The molecule has 0 spiro atoms. The van der Waals surface area contributed by atoms with Crippen molar-refractivity contribution in [1.82, 2.24) is 9.71 Å². The minimum absolute atomic E-state index is 0.366. The second-order valence-electron chi connectivity index (χ2n) is 6.32. The molecule has 0 saturated carbocycles. The molecule has 174 valence electrons. The molecule has 0 atom stereocenters. The predicted octanol–water partition coefficient (Wildman–Crippen LogP) is 3.32. The first kappa shape index (κ1) is 20.1. The summed E-state index contributed by atoms with van der Waals surface area (Å²) in [5, 5.41) is 1.61. The molecule has 33 heavy (non-hydrogen) atoms. The number of benzene rings is 2. The first-order valence-electron chi connectivity index (χ1n) is 10.0. The average Bonchev–Trinajstić information content (AvgIpc) is 3.24. The number of hydrogen-bond donors (Lipinski definition) is 2. The van der Waals surface area contributed by atoms with E-state index < -0.39 is 79.5 Å². The van der Waals surface area contributed by atoms with Crippen LogP contribution in [-0.4, -0.2) is 38.5 Å². The quantitative estimate of drug-likeness (QED) is 0.392. The van der Waals surface area contributed by atoms with Crippen molar-refractivity contribution in [3.63, 3.8) is 0 Å². The van der Waals surface area contributed by atoms with Gasteiger partial charge in [0.25, 0.3) is 11.8 Å². The largest absolute Gasteiger partial charge is 0.497 e. The fourth-order valence-corrected chi connectivity index (χ4v) is 3.78. The van der Waals surface area contributed by atoms with Gasteiger partial charge in [-0.25, -0.2) is 35.7 Å². The summed E-state index contributed by atoms with van der Waals surface area (Å²) in [6, 6.07) is 4.15. The molecular weight excluding hydrogens is 490 g/mol. The van der Waals surface area contributed by atoms with E-state index in [2.05, 4.69) is 9.72 Å².